The number of rotatable bonds is 13. The summed E-state index contributed by atoms with van der Waals surface area (Å²) in [5, 5.41) is 9.09. The van der Waals surface area contributed by atoms with Crippen molar-refractivity contribution in [3.63, 3.8) is 0 Å². The third-order valence-corrected chi connectivity index (χ3v) is 7.54. The minimum Gasteiger partial charge on any atom is -0.387 e. The first kappa shape index (κ1) is 37.3. The molecule has 45 heavy (non-hydrogen) atoms. The van der Waals surface area contributed by atoms with Gasteiger partial charge in [0.15, 0.2) is 5.13 Å². The van der Waals surface area contributed by atoms with Gasteiger partial charge in [0.25, 0.3) is 0 Å². The molecule has 250 valence electrons. The minimum atomic E-state index is -1.91. The number of nitrogens with one attached hydrogen (secondary N) is 3. The van der Waals surface area contributed by atoms with Crippen LogP contribution in [0, 0.1) is 5.41 Å². The molecule has 2 rings (SSSR count). The molecule has 1 aromatic heterocycles. The molecule has 1 aromatic carbocycles. The summed E-state index contributed by atoms with van der Waals surface area (Å²) in [6.07, 6.45) is -0.202. The van der Waals surface area contributed by atoms with Crippen molar-refractivity contribution in [1.82, 2.24) is 20.1 Å². The fraction of sp³-hybridized carbons (Fsp3) is 0.581. The highest BCUT2D eigenvalue weighted by atomic mass is 32.1. The molecule has 13 nitrogen and oxygen atoms in total. The average Bonchev–Trinajstić information content (AvgIpc) is 3.24. The Morgan fingerprint density at radius 2 is 1.58 bits per heavy atom. The molecule has 0 bridgehead atoms. The van der Waals surface area contributed by atoms with Gasteiger partial charge in [0.05, 0.1) is 11.1 Å². The van der Waals surface area contributed by atoms with Gasteiger partial charge in [-0.1, -0.05) is 32.9 Å². The summed E-state index contributed by atoms with van der Waals surface area (Å²) in [5.41, 5.74) is 6.31. The number of thiazole rings is 1. The number of anilines is 2. The van der Waals surface area contributed by atoms with Gasteiger partial charge in [0.2, 0.25) is 11.8 Å². The van der Waals surface area contributed by atoms with E-state index in [0.717, 1.165) is 16.1 Å². The second-order valence-electron chi connectivity index (χ2n) is 13.2. The summed E-state index contributed by atoms with van der Waals surface area (Å²) in [6.45, 7) is 13.3. The molecular formula is C31H49N7O6S. The van der Waals surface area contributed by atoms with Crippen molar-refractivity contribution < 1.29 is 28.7 Å². The van der Waals surface area contributed by atoms with Crippen LogP contribution in [0.15, 0.2) is 24.3 Å². The first-order chi connectivity index (χ1) is 20.7. The van der Waals surface area contributed by atoms with Crippen LogP contribution in [0.1, 0.15) is 71.0 Å². The summed E-state index contributed by atoms with van der Waals surface area (Å²) in [7, 11) is 5.43. The van der Waals surface area contributed by atoms with Gasteiger partial charge in [-0.3, -0.25) is 9.59 Å². The van der Waals surface area contributed by atoms with Crippen LogP contribution in [-0.4, -0.2) is 77.9 Å². The largest absolute Gasteiger partial charge is 0.412 e. The SMILES string of the molecule is CC(=O)Nc1nc(CCc2ccc(NC(OC(N)=O)(OC(=O)NC(C)(C)C)C(C)(C)C)cc2)c(CN(C)CCC(=O)N(C)C)s1. The van der Waals surface area contributed by atoms with Gasteiger partial charge < -0.3 is 41.0 Å². The highest BCUT2D eigenvalue weighted by molar-refractivity contribution is 7.15. The van der Waals surface area contributed by atoms with Crippen molar-refractivity contribution >= 4 is 46.2 Å². The highest BCUT2D eigenvalue weighted by Crippen LogP contribution is 2.37. The van der Waals surface area contributed by atoms with Crippen LogP contribution in [-0.2, 0) is 38.4 Å². The fourth-order valence-corrected chi connectivity index (χ4v) is 5.25. The molecule has 0 fully saturated rings. The Hall–Kier alpha value is -3.91. The molecular weight excluding hydrogens is 598 g/mol. The van der Waals surface area contributed by atoms with Gasteiger partial charge in [-0.15, -0.1) is 11.3 Å². The Balaban J connectivity index is 2.22. The van der Waals surface area contributed by atoms with E-state index in [1.54, 1.807) is 72.7 Å². The lowest BCUT2D eigenvalue weighted by molar-refractivity contribution is -0.202. The van der Waals surface area contributed by atoms with E-state index in [1.165, 1.54) is 18.3 Å². The second-order valence-corrected chi connectivity index (χ2v) is 14.3. The molecule has 0 saturated carbocycles. The molecule has 0 radical (unpaired) electrons. The first-order valence-electron chi connectivity index (χ1n) is 14.7. The summed E-state index contributed by atoms with van der Waals surface area (Å²) in [6, 6.07) is 7.42. The van der Waals surface area contributed by atoms with E-state index in [9.17, 15) is 19.2 Å². The third kappa shape index (κ3) is 12.2. The molecule has 2 aromatic rings. The maximum Gasteiger partial charge on any atom is 0.412 e. The number of nitrogens with two attached hydrogens (primary N) is 1. The van der Waals surface area contributed by atoms with Crippen molar-refractivity contribution in [2.75, 3.05) is 38.3 Å². The Bertz CT molecular complexity index is 1330. The van der Waals surface area contributed by atoms with E-state index in [-0.39, 0.29) is 11.8 Å². The van der Waals surface area contributed by atoms with Crippen LogP contribution in [0.25, 0.3) is 0 Å². The van der Waals surface area contributed by atoms with Crippen LogP contribution < -0.4 is 21.7 Å². The zero-order valence-corrected chi connectivity index (χ0v) is 28.9. The Kier molecular flexibility index (Phi) is 12.7. The lowest BCUT2D eigenvalue weighted by Gasteiger charge is -2.42. The Morgan fingerprint density at radius 1 is 0.956 bits per heavy atom. The van der Waals surface area contributed by atoms with E-state index in [4.69, 9.17) is 15.2 Å². The summed E-state index contributed by atoms with van der Waals surface area (Å²) < 4.78 is 11.1. The van der Waals surface area contributed by atoms with Crippen molar-refractivity contribution in [1.29, 1.82) is 0 Å². The van der Waals surface area contributed by atoms with E-state index in [1.807, 2.05) is 19.2 Å². The first-order valence-corrected chi connectivity index (χ1v) is 15.5. The van der Waals surface area contributed by atoms with E-state index in [0.29, 0.717) is 43.2 Å². The van der Waals surface area contributed by atoms with Crippen molar-refractivity contribution in [3.8, 4) is 0 Å². The highest BCUT2D eigenvalue weighted by Gasteiger charge is 2.50. The topological polar surface area (TPSA) is 168 Å². The monoisotopic (exact) mass is 647 g/mol. The molecule has 1 heterocycles. The van der Waals surface area contributed by atoms with Gasteiger partial charge in [-0.25, -0.2) is 14.6 Å². The molecule has 1 atom stereocenters. The number of amides is 4. The fourth-order valence-electron chi connectivity index (χ4n) is 4.12. The number of aryl methyl sites for hydroxylation is 2. The lowest BCUT2D eigenvalue weighted by Crippen LogP contribution is -2.59. The molecule has 0 spiro atoms. The van der Waals surface area contributed by atoms with Crippen LogP contribution in [0.5, 0.6) is 0 Å². The minimum absolute atomic E-state index is 0.0592. The van der Waals surface area contributed by atoms with Crippen molar-refractivity contribution in [3.05, 3.63) is 40.4 Å². The van der Waals surface area contributed by atoms with Crippen LogP contribution in [0.4, 0.5) is 20.4 Å². The van der Waals surface area contributed by atoms with Gasteiger partial charge in [0, 0.05) is 56.6 Å². The van der Waals surface area contributed by atoms with Crippen molar-refractivity contribution in [2.45, 2.75) is 85.7 Å². The Morgan fingerprint density at radius 3 is 2.09 bits per heavy atom. The summed E-state index contributed by atoms with van der Waals surface area (Å²) in [4.78, 5) is 57.7. The average molecular weight is 648 g/mol. The van der Waals surface area contributed by atoms with Crippen molar-refractivity contribution in [2.24, 2.45) is 11.1 Å². The number of nitrogens with zero attached hydrogens (tertiary/aromatic N) is 3. The number of benzene rings is 1. The number of carbonyl (C=O) groups excluding carboxylic acids is 4. The summed E-state index contributed by atoms with van der Waals surface area (Å²) >= 11 is 1.43. The molecule has 0 aliphatic rings. The molecule has 5 N–H and O–H groups in total. The van der Waals surface area contributed by atoms with Gasteiger partial charge in [-0.05, 0) is 58.4 Å². The summed E-state index contributed by atoms with van der Waals surface area (Å²) in [5.74, 6) is -2.04. The second kappa shape index (κ2) is 15.4. The predicted octanol–water partition coefficient (Wildman–Crippen LogP) is 4.53. The molecule has 0 saturated heterocycles. The lowest BCUT2D eigenvalue weighted by atomic mass is 9.90. The third-order valence-electron chi connectivity index (χ3n) is 6.54. The standard InChI is InChI=1S/C31H49N7O6S/c1-20(39)33-27-34-23(24(45-27)19-38(10)18-17-25(40)37(8)9)16-13-21-11-14-22(15-12-21)35-31(29(2,3)4,43-26(32)41)44-28(42)36-30(5,6)7/h11-12,14-15,35H,13,16-19H2,1-10H3,(H2,32,41)(H,36,42)(H,33,34,39). The van der Waals surface area contributed by atoms with Gasteiger partial charge >= 0.3 is 18.1 Å². The van der Waals surface area contributed by atoms with E-state index < -0.39 is 29.1 Å². The Labute approximate surface area is 270 Å². The molecule has 14 heteroatoms. The quantitative estimate of drug-likeness (QED) is 0.228. The number of alkyl carbamates (subject to hydrolysis) is 1. The van der Waals surface area contributed by atoms with E-state index >= 15 is 0 Å². The predicted molar refractivity (Wildman–Crippen MR) is 176 cm³/mol. The van der Waals surface area contributed by atoms with Gasteiger partial charge in [0.1, 0.15) is 0 Å². The molecule has 0 aliphatic heterocycles. The number of hydrogen-bond donors (Lipinski definition) is 4. The van der Waals surface area contributed by atoms with E-state index in [2.05, 4.69) is 25.8 Å². The number of hydrogen-bond acceptors (Lipinski definition) is 10. The molecule has 4 amide bonds. The number of carbonyl (C=O) groups is 4. The zero-order chi connectivity index (χ0) is 34.2. The molecule has 1 unspecified atom stereocenters. The van der Waals surface area contributed by atoms with Crippen LogP contribution in [0.3, 0.4) is 0 Å². The molecule has 0 aliphatic carbocycles. The van der Waals surface area contributed by atoms with Crippen LogP contribution >= 0.6 is 11.3 Å². The maximum absolute atomic E-state index is 12.8. The smallest absolute Gasteiger partial charge is 0.387 e. The van der Waals surface area contributed by atoms with Gasteiger partial charge in [-0.2, -0.15) is 0 Å². The number of ether oxygens (including phenoxy) is 2. The van der Waals surface area contributed by atoms with Crippen LogP contribution in [0.2, 0.25) is 0 Å². The maximum atomic E-state index is 12.8. The number of primary amides is 1. The normalized spacial score (nSPS) is 13.0. The number of aromatic nitrogens is 1. The zero-order valence-electron chi connectivity index (χ0n) is 28.1.